The molecule has 1 aliphatic heterocycles. The first-order chi connectivity index (χ1) is 12.4. The Hall–Kier alpha value is -1.80. The number of fused-ring (bicyclic) bond motifs is 1. The summed E-state index contributed by atoms with van der Waals surface area (Å²) in [5, 5.41) is 2.81. The van der Waals surface area contributed by atoms with Crippen LogP contribution in [-0.2, 0) is 10.0 Å². The number of ether oxygens (including phenoxy) is 2. The van der Waals surface area contributed by atoms with Crippen molar-refractivity contribution in [2.75, 3.05) is 26.1 Å². The lowest BCUT2D eigenvalue weighted by atomic mass is 10.1. The number of sulfonamides is 1. The Morgan fingerprint density at radius 2 is 1.85 bits per heavy atom. The molecule has 1 aromatic rings. The number of hydrogen-bond donors (Lipinski definition) is 1. The summed E-state index contributed by atoms with van der Waals surface area (Å²) in [6.07, 6.45) is 7.47. The van der Waals surface area contributed by atoms with Gasteiger partial charge in [0.1, 0.15) is 0 Å². The Labute approximate surface area is 154 Å². The maximum Gasteiger partial charge on any atom is 0.251 e. The summed E-state index contributed by atoms with van der Waals surface area (Å²) in [6.45, 7) is 0.724. The number of rotatable bonds is 6. The Morgan fingerprint density at radius 3 is 2.54 bits per heavy atom. The lowest BCUT2D eigenvalue weighted by molar-refractivity contribution is 0.0949. The highest BCUT2D eigenvalue weighted by atomic mass is 32.2. The third-order valence-corrected chi connectivity index (χ3v) is 6.24. The van der Waals surface area contributed by atoms with Crippen LogP contribution in [0.2, 0.25) is 0 Å². The fourth-order valence-corrected chi connectivity index (χ4v) is 4.76. The first-order valence-corrected chi connectivity index (χ1v) is 10.9. The van der Waals surface area contributed by atoms with Crippen molar-refractivity contribution in [1.29, 1.82) is 0 Å². The largest absolute Gasteiger partial charge is 0.454 e. The van der Waals surface area contributed by atoms with Gasteiger partial charge < -0.3 is 14.8 Å². The standard InChI is InChI=1S/C18H26N2O5S/c1-26(22,23)20(15-6-4-2-3-5-7-15)11-10-19-18(21)14-8-9-16-17(12-14)25-13-24-16/h8-9,12,15H,2-7,10-11,13H2,1H3,(H,19,21). The zero-order valence-electron chi connectivity index (χ0n) is 15.1. The highest BCUT2D eigenvalue weighted by molar-refractivity contribution is 7.88. The molecule has 0 bridgehead atoms. The topological polar surface area (TPSA) is 84.9 Å². The van der Waals surface area contributed by atoms with E-state index < -0.39 is 10.0 Å². The fourth-order valence-electron chi connectivity index (χ4n) is 3.58. The van der Waals surface area contributed by atoms with Crippen molar-refractivity contribution >= 4 is 15.9 Å². The number of nitrogens with zero attached hydrogens (tertiary/aromatic N) is 1. The van der Waals surface area contributed by atoms with Crippen LogP contribution in [0.4, 0.5) is 0 Å². The molecular weight excluding hydrogens is 356 g/mol. The molecule has 0 unspecified atom stereocenters. The van der Waals surface area contributed by atoms with Crippen molar-refractivity contribution in [3.05, 3.63) is 23.8 Å². The van der Waals surface area contributed by atoms with Gasteiger partial charge in [-0.2, -0.15) is 4.31 Å². The van der Waals surface area contributed by atoms with E-state index in [-0.39, 0.29) is 25.3 Å². The van der Waals surface area contributed by atoms with E-state index >= 15 is 0 Å². The monoisotopic (exact) mass is 382 g/mol. The van der Waals surface area contributed by atoms with Gasteiger partial charge in [-0.05, 0) is 31.0 Å². The Balaban J connectivity index is 1.58. The number of carbonyl (C=O) groups is 1. The smallest absolute Gasteiger partial charge is 0.251 e. The van der Waals surface area contributed by atoms with E-state index in [1.54, 1.807) is 22.5 Å². The maximum absolute atomic E-state index is 12.3. The second-order valence-corrected chi connectivity index (χ2v) is 8.78. The Morgan fingerprint density at radius 1 is 1.15 bits per heavy atom. The molecule has 1 fully saturated rings. The summed E-state index contributed by atoms with van der Waals surface area (Å²) in [6, 6.07) is 5.04. The number of amides is 1. The highest BCUT2D eigenvalue weighted by Crippen LogP contribution is 2.32. The normalized spacial score (nSPS) is 17.9. The molecule has 3 rings (SSSR count). The average molecular weight is 382 g/mol. The minimum Gasteiger partial charge on any atom is -0.454 e. The van der Waals surface area contributed by atoms with E-state index in [2.05, 4.69) is 5.32 Å². The van der Waals surface area contributed by atoms with E-state index in [0.29, 0.717) is 23.6 Å². The van der Waals surface area contributed by atoms with Crippen LogP contribution < -0.4 is 14.8 Å². The van der Waals surface area contributed by atoms with Gasteiger partial charge in [0.15, 0.2) is 11.5 Å². The predicted octanol–water partition coefficient (Wildman–Crippen LogP) is 2.13. The number of nitrogens with one attached hydrogen (secondary N) is 1. The summed E-state index contributed by atoms with van der Waals surface area (Å²) in [5.74, 6) is 0.921. The summed E-state index contributed by atoms with van der Waals surface area (Å²) < 4.78 is 36.5. The first kappa shape index (κ1) is 19.0. The lowest BCUT2D eigenvalue weighted by Crippen LogP contribution is -2.44. The lowest BCUT2D eigenvalue weighted by Gasteiger charge is -2.29. The molecule has 1 heterocycles. The Bertz CT molecular complexity index is 742. The molecule has 1 aromatic carbocycles. The van der Waals surface area contributed by atoms with Crippen LogP contribution in [-0.4, -0.2) is 50.8 Å². The van der Waals surface area contributed by atoms with Crippen molar-refractivity contribution in [2.45, 2.75) is 44.6 Å². The molecule has 0 radical (unpaired) electrons. The minimum absolute atomic E-state index is 0.0370. The first-order valence-electron chi connectivity index (χ1n) is 9.10. The van der Waals surface area contributed by atoms with Gasteiger partial charge in [0.25, 0.3) is 5.91 Å². The van der Waals surface area contributed by atoms with Crippen LogP contribution in [0.5, 0.6) is 11.5 Å². The number of hydrogen-bond acceptors (Lipinski definition) is 5. The van der Waals surface area contributed by atoms with E-state index in [1.807, 2.05) is 0 Å². The molecule has 1 aliphatic carbocycles. The third kappa shape index (κ3) is 4.67. The van der Waals surface area contributed by atoms with Crippen molar-refractivity contribution in [3.63, 3.8) is 0 Å². The average Bonchev–Trinajstić information content (AvgIpc) is 2.91. The zero-order valence-corrected chi connectivity index (χ0v) is 15.9. The maximum atomic E-state index is 12.3. The van der Waals surface area contributed by atoms with Gasteiger partial charge in [0.2, 0.25) is 16.8 Å². The van der Waals surface area contributed by atoms with Gasteiger partial charge in [-0.1, -0.05) is 25.7 Å². The molecule has 0 atom stereocenters. The zero-order chi connectivity index (χ0) is 18.6. The van der Waals surface area contributed by atoms with Gasteiger partial charge in [0, 0.05) is 24.7 Å². The number of carbonyl (C=O) groups excluding carboxylic acids is 1. The SMILES string of the molecule is CS(=O)(=O)N(CCNC(=O)c1ccc2c(c1)OCO2)C1CCCCCC1. The van der Waals surface area contributed by atoms with Crippen LogP contribution in [0, 0.1) is 0 Å². The summed E-state index contributed by atoms with van der Waals surface area (Å²) in [7, 11) is -3.31. The minimum atomic E-state index is -3.31. The van der Waals surface area contributed by atoms with Crippen molar-refractivity contribution in [3.8, 4) is 11.5 Å². The van der Waals surface area contributed by atoms with Gasteiger partial charge in [-0.25, -0.2) is 8.42 Å². The molecule has 1 amide bonds. The highest BCUT2D eigenvalue weighted by Gasteiger charge is 2.27. The van der Waals surface area contributed by atoms with E-state index in [1.165, 1.54) is 6.26 Å². The summed E-state index contributed by atoms with van der Waals surface area (Å²) in [4.78, 5) is 12.3. The number of benzene rings is 1. The van der Waals surface area contributed by atoms with Gasteiger partial charge >= 0.3 is 0 Å². The molecule has 1 saturated carbocycles. The van der Waals surface area contributed by atoms with Crippen molar-refractivity contribution in [1.82, 2.24) is 9.62 Å². The molecule has 8 heteroatoms. The Kier molecular flexibility index (Phi) is 6.03. The van der Waals surface area contributed by atoms with Crippen LogP contribution in [0.15, 0.2) is 18.2 Å². The molecule has 26 heavy (non-hydrogen) atoms. The molecule has 1 N–H and O–H groups in total. The van der Waals surface area contributed by atoms with Gasteiger partial charge in [0.05, 0.1) is 6.26 Å². The molecule has 2 aliphatic rings. The second-order valence-electron chi connectivity index (χ2n) is 6.84. The van der Waals surface area contributed by atoms with E-state index in [0.717, 1.165) is 38.5 Å². The molecule has 144 valence electrons. The molecule has 0 saturated heterocycles. The molecular formula is C18H26N2O5S. The van der Waals surface area contributed by atoms with Crippen LogP contribution in [0.25, 0.3) is 0 Å². The second kappa shape index (κ2) is 8.26. The van der Waals surface area contributed by atoms with Crippen molar-refractivity contribution < 1.29 is 22.7 Å². The third-order valence-electron chi connectivity index (χ3n) is 4.91. The fraction of sp³-hybridized carbons (Fsp3) is 0.611. The molecule has 0 spiro atoms. The summed E-state index contributed by atoms with van der Waals surface area (Å²) >= 11 is 0. The summed E-state index contributed by atoms with van der Waals surface area (Å²) in [5.41, 5.74) is 0.467. The van der Waals surface area contributed by atoms with E-state index in [9.17, 15) is 13.2 Å². The quantitative estimate of drug-likeness (QED) is 0.762. The predicted molar refractivity (Wildman–Crippen MR) is 97.9 cm³/mol. The van der Waals surface area contributed by atoms with Crippen molar-refractivity contribution in [2.24, 2.45) is 0 Å². The van der Waals surface area contributed by atoms with Crippen LogP contribution in [0.3, 0.4) is 0 Å². The van der Waals surface area contributed by atoms with Gasteiger partial charge in [-0.15, -0.1) is 0 Å². The van der Waals surface area contributed by atoms with Crippen LogP contribution in [0.1, 0.15) is 48.9 Å². The van der Waals surface area contributed by atoms with E-state index in [4.69, 9.17) is 9.47 Å². The molecule has 7 nitrogen and oxygen atoms in total. The van der Waals surface area contributed by atoms with Gasteiger partial charge in [-0.3, -0.25) is 4.79 Å². The molecule has 0 aromatic heterocycles. The van der Waals surface area contributed by atoms with Crippen LogP contribution >= 0.6 is 0 Å².